The zero-order valence-electron chi connectivity index (χ0n) is 14.9. The Kier molecular flexibility index (Phi) is 3.72. The number of likely N-dealkylation sites (tertiary alicyclic amines) is 2. The van der Waals surface area contributed by atoms with E-state index in [9.17, 15) is 9.59 Å². The lowest BCUT2D eigenvalue weighted by molar-refractivity contribution is -0.137. The number of para-hydroxylation sites is 2. The first-order chi connectivity index (χ1) is 12.7. The number of hydrogen-bond donors (Lipinski definition) is 1. The molecule has 6 heteroatoms. The van der Waals surface area contributed by atoms with Gasteiger partial charge in [-0.15, -0.1) is 0 Å². The van der Waals surface area contributed by atoms with Crippen molar-refractivity contribution < 1.29 is 9.59 Å². The fourth-order valence-electron chi connectivity index (χ4n) is 4.46. The molecule has 1 aromatic carbocycles. The Bertz CT molecular complexity index is 823. The fourth-order valence-corrected chi connectivity index (χ4v) is 4.46. The normalized spacial score (nSPS) is 26.7. The van der Waals surface area contributed by atoms with Crippen molar-refractivity contribution in [3.05, 3.63) is 30.1 Å². The van der Waals surface area contributed by atoms with Gasteiger partial charge in [-0.05, 0) is 37.8 Å². The Hall–Kier alpha value is -2.37. The van der Waals surface area contributed by atoms with Crippen LogP contribution in [0.25, 0.3) is 11.0 Å². The van der Waals surface area contributed by atoms with E-state index in [-0.39, 0.29) is 23.7 Å². The molecular formula is C20H24N4O2. The summed E-state index contributed by atoms with van der Waals surface area (Å²) in [6.45, 7) is 2.12. The summed E-state index contributed by atoms with van der Waals surface area (Å²) in [5.41, 5.74) is 2.03. The van der Waals surface area contributed by atoms with Gasteiger partial charge in [-0.25, -0.2) is 4.98 Å². The van der Waals surface area contributed by atoms with Gasteiger partial charge in [0.2, 0.25) is 11.8 Å². The van der Waals surface area contributed by atoms with Crippen molar-refractivity contribution in [1.29, 1.82) is 0 Å². The second-order valence-corrected chi connectivity index (χ2v) is 7.94. The molecule has 2 aliphatic heterocycles. The molecule has 0 spiro atoms. The van der Waals surface area contributed by atoms with Gasteiger partial charge in [0, 0.05) is 38.0 Å². The van der Waals surface area contributed by atoms with Crippen LogP contribution >= 0.6 is 0 Å². The molecule has 0 bridgehead atoms. The van der Waals surface area contributed by atoms with E-state index >= 15 is 0 Å². The number of nitrogens with one attached hydrogen (secondary N) is 1. The van der Waals surface area contributed by atoms with Gasteiger partial charge < -0.3 is 14.8 Å². The monoisotopic (exact) mass is 352 g/mol. The van der Waals surface area contributed by atoms with E-state index in [0.717, 1.165) is 49.1 Å². The van der Waals surface area contributed by atoms with E-state index in [1.807, 2.05) is 34.1 Å². The van der Waals surface area contributed by atoms with Crippen molar-refractivity contribution in [2.75, 3.05) is 19.6 Å². The predicted molar refractivity (Wildman–Crippen MR) is 97.5 cm³/mol. The molecule has 2 amide bonds. The van der Waals surface area contributed by atoms with Crippen LogP contribution in [0.2, 0.25) is 0 Å². The molecule has 1 saturated carbocycles. The molecule has 1 N–H and O–H groups in total. The summed E-state index contributed by atoms with van der Waals surface area (Å²) >= 11 is 0. The number of benzene rings is 1. The maximum absolute atomic E-state index is 13.0. The molecule has 3 heterocycles. The lowest BCUT2D eigenvalue weighted by Crippen LogP contribution is -2.43. The van der Waals surface area contributed by atoms with Crippen LogP contribution in [0.4, 0.5) is 0 Å². The summed E-state index contributed by atoms with van der Waals surface area (Å²) in [6.07, 6.45) is 4.62. The van der Waals surface area contributed by atoms with Gasteiger partial charge in [0.05, 0.1) is 17.0 Å². The van der Waals surface area contributed by atoms with Crippen molar-refractivity contribution in [2.45, 2.75) is 44.1 Å². The third-order valence-corrected chi connectivity index (χ3v) is 6.02. The van der Waals surface area contributed by atoms with Crippen LogP contribution in [0.1, 0.15) is 43.8 Å². The van der Waals surface area contributed by atoms with Gasteiger partial charge in [0.1, 0.15) is 5.82 Å². The molecule has 0 unspecified atom stereocenters. The van der Waals surface area contributed by atoms with E-state index in [2.05, 4.69) is 4.98 Å². The highest BCUT2D eigenvalue weighted by atomic mass is 16.2. The van der Waals surface area contributed by atoms with Crippen molar-refractivity contribution in [2.24, 2.45) is 5.92 Å². The first-order valence-electron chi connectivity index (χ1n) is 9.72. The summed E-state index contributed by atoms with van der Waals surface area (Å²) in [7, 11) is 0. The number of carbonyl (C=O) groups excluding carboxylic acids is 2. The Labute approximate surface area is 152 Å². The fraction of sp³-hybridized carbons (Fsp3) is 0.550. The standard InChI is InChI=1S/C20H24N4O2/c25-18-10-14(12-24(18)15-7-8-15)20(26)23-9-3-4-13(11-23)19-21-16-5-1-2-6-17(16)22-19/h1-2,5-6,13-15H,3-4,7-12H2,(H,21,22)/t13-,14-/m1/s1. The molecule has 2 aromatic rings. The minimum atomic E-state index is -0.155. The van der Waals surface area contributed by atoms with Gasteiger partial charge in [-0.1, -0.05) is 12.1 Å². The van der Waals surface area contributed by atoms with Crippen LogP contribution in [0.3, 0.4) is 0 Å². The number of aromatic nitrogens is 2. The number of rotatable bonds is 3. The zero-order chi connectivity index (χ0) is 17.7. The third-order valence-electron chi connectivity index (χ3n) is 6.02. The Morgan fingerprint density at radius 2 is 2.00 bits per heavy atom. The summed E-state index contributed by atoms with van der Waals surface area (Å²) in [5.74, 6) is 1.39. The van der Waals surface area contributed by atoms with Gasteiger partial charge in [0.25, 0.3) is 0 Å². The average molecular weight is 352 g/mol. The molecule has 3 aliphatic rings. The second kappa shape index (κ2) is 6.11. The second-order valence-electron chi connectivity index (χ2n) is 7.94. The topological polar surface area (TPSA) is 69.3 Å². The zero-order valence-corrected chi connectivity index (χ0v) is 14.9. The van der Waals surface area contributed by atoms with Gasteiger partial charge in [-0.2, -0.15) is 0 Å². The lowest BCUT2D eigenvalue weighted by Gasteiger charge is -2.33. The first-order valence-corrected chi connectivity index (χ1v) is 9.72. The molecule has 6 nitrogen and oxygen atoms in total. The van der Waals surface area contributed by atoms with Crippen molar-refractivity contribution in [3.8, 4) is 0 Å². The van der Waals surface area contributed by atoms with E-state index in [1.165, 1.54) is 0 Å². The van der Waals surface area contributed by atoms with Crippen LogP contribution in [-0.2, 0) is 9.59 Å². The summed E-state index contributed by atoms with van der Waals surface area (Å²) < 4.78 is 0. The highest BCUT2D eigenvalue weighted by Gasteiger charge is 2.43. The largest absolute Gasteiger partial charge is 0.342 e. The number of H-pyrrole nitrogens is 1. The molecule has 1 aromatic heterocycles. The van der Waals surface area contributed by atoms with Gasteiger partial charge in [0.15, 0.2) is 0 Å². The van der Waals surface area contributed by atoms with Crippen LogP contribution in [0.15, 0.2) is 24.3 Å². The number of hydrogen-bond acceptors (Lipinski definition) is 3. The molecule has 2 atom stereocenters. The number of fused-ring (bicyclic) bond motifs is 1. The van der Waals surface area contributed by atoms with Gasteiger partial charge in [-0.3, -0.25) is 9.59 Å². The number of carbonyl (C=O) groups is 2. The summed E-state index contributed by atoms with van der Waals surface area (Å²) in [6, 6.07) is 8.45. The van der Waals surface area contributed by atoms with E-state index < -0.39 is 0 Å². The molecule has 0 radical (unpaired) electrons. The quantitative estimate of drug-likeness (QED) is 0.921. The van der Waals surface area contributed by atoms with E-state index in [1.54, 1.807) is 0 Å². The summed E-state index contributed by atoms with van der Waals surface area (Å²) in [5, 5.41) is 0. The maximum Gasteiger partial charge on any atom is 0.228 e. The molecule has 136 valence electrons. The Balaban J connectivity index is 1.29. The number of amides is 2. The Morgan fingerprint density at radius 3 is 2.81 bits per heavy atom. The molecular weight excluding hydrogens is 328 g/mol. The Morgan fingerprint density at radius 1 is 1.15 bits per heavy atom. The highest BCUT2D eigenvalue weighted by Crippen LogP contribution is 2.34. The highest BCUT2D eigenvalue weighted by molar-refractivity contribution is 5.89. The molecule has 2 saturated heterocycles. The minimum Gasteiger partial charge on any atom is -0.342 e. The lowest BCUT2D eigenvalue weighted by atomic mass is 9.95. The third kappa shape index (κ3) is 2.77. The van der Waals surface area contributed by atoms with Crippen LogP contribution in [0, 0.1) is 5.92 Å². The number of piperidine rings is 1. The number of imidazole rings is 1. The van der Waals surface area contributed by atoms with Crippen LogP contribution in [0.5, 0.6) is 0 Å². The summed E-state index contributed by atoms with van der Waals surface area (Å²) in [4.78, 5) is 37.2. The smallest absolute Gasteiger partial charge is 0.228 e. The van der Waals surface area contributed by atoms with Crippen LogP contribution in [-0.4, -0.2) is 57.3 Å². The van der Waals surface area contributed by atoms with E-state index in [0.29, 0.717) is 25.6 Å². The van der Waals surface area contributed by atoms with Crippen molar-refractivity contribution in [1.82, 2.24) is 19.8 Å². The molecule has 5 rings (SSSR count). The molecule has 26 heavy (non-hydrogen) atoms. The molecule has 3 fully saturated rings. The van der Waals surface area contributed by atoms with E-state index in [4.69, 9.17) is 4.98 Å². The maximum atomic E-state index is 13.0. The van der Waals surface area contributed by atoms with Crippen molar-refractivity contribution >= 4 is 22.8 Å². The number of nitrogens with zero attached hydrogens (tertiary/aromatic N) is 3. The SMILES string of the molecule is O=C([C@@H]1CC(=O)N(C2CC2)C1)N1CCC[C@@H](c2nc3ccccc3[nH]2)C1. The predicted octanol–water partition coefficient (Wildman–Crippen LogP) is 2.28. The average Bonchev–Trinajstić information content (AvgIpc) is 3.29. The number of aromatic amines is 1. The minimum absolute atomic E-state index is 0.155. The molecule has 1 aliphatic carbocycles. The van der Waals surface area contributed by atoms with Gasteiger partial charge >= 0.3 is 0 Å². The van der Waals surface area contributed by atoms with Crippen LogP contribution < -0.4 is 0 Å². The van der Waals surface area contributed by atoms with Crippen molar-refractivity contribution in [3.63, 3.8) is 0 Å². The first kappa shape index (κ1) is 15.9.